The molecule has 0 aliphatic rings. The average Bonchev–Trinajstić information content (AvgIpc) is 2.66. The Balaban J connectivity index is 2.08. The van der Waals surface area contributed by atoms with Gasteiger partial charge in [-0.1, -0.05) is 48.5 Å². The lowest BCUT2D eigenvalue weighted by molar-refractivity contribution is -0.402. The van der Waals surface area contributed by atoms with E-state index in [2.05, 4.69) is 4.74 Å². The molecule has 2 aromatic rings. The highest BCUT2D eigenvalue weighted by atomic mass is 35.5. The summed E-state index contributed by atoms with van der Waals surface area (Å²) in [5.74, 6) is -11.2. The van der Waals surface area contributed by atoms with Crippen molar-refractivity contribution in [3.63, 3.8) is 0 Å². The lowest BCUT2D eigenvalue weighted by Gasteiger charge is -2.30. The molecule has 148 valence electrons. The van der Waals surface area contributed by atoms with Gasteiger partial charge in [0, 0.05) is 5.88 Å². The lowest BCUT2D eigenvalue weighted by atomic mass is 10.0. The van der Waals surface area contributed by atoms with Gasteiger partial charge in [0.05, 0.1) is 6.61 Å². The normalized spacial score (nSPS) is 13.0. The first-order valence-corrected chi connectivity index (χ1v) is 8.15. The quantitative estimate of drug-likeness (QED) is 0.356. The molecule has 0 saturated heterocycles. The highest BCUT2D eigenvalue weighted by Crippen LogP contribution is 2.46. The zero-order valence-electron chi connectivity index (χ0n) is 13.7. The zero-order valence-corrected chi connectivity index (χ0v) is 14.4. The maximum Gasteiger partial charge on any atom is 0.426 e. The molecule has 0 unspecified atom stereocenters. The van der Waals surface area contributed by atoms with Crippen LogP contribution in [0.2, 0.25) is 0 Å². The number of ether oxygens (including phenoxy) is 1. The van der Waals surface area contributed by atoms with Gasteiger partial charge < -0.3 is 4.74 Å². The van der Waals surface area contributed by atoms with Gasteiger partial charge in [-0.05, 0) is 22.3 Å². The minimum absolute atomic E-state index is 0.0511. The summed E-state index contributed by atoms with van der Waals surface area (Å²) in [4.78, 5) is 0. The first-order valence-electron chi connectivity index (χ1n) is 7.61. The maximum absolute atomic E-state index is 13.4. The van der Waals surface area contributed by atoms with Crippen molar-refractivity contribution >= 4 is 11.6 Å². The molecule has 1 nitrogen and oxygen atoms in total. The van der Waals surface area contributed by atoms with E-state index in [9.17, 15) is 30.7 Å². The fourth-order valence-electron chi connectivity index (χ4n) is 2.14. The highest BCUT2D eigenvalue weighted by Gasteiger charge is 2.73. The number of rotatable bonds is 8. The largest absolute Gasteiger partial charge is 0.426 e. The van der Waals surface area contributed by atoms with Crippen molar-refractivity contribution in [3.05, 3.63) is 59.7 Å². The van der Waals surface area contributed by atoms with Crippen molar-refractivity contribution in [3.8, 4) is 11.1 Å². The van der Waals surface area contributed by atoms with Crippen LogP contribution in [0.5, 0.6) is 0 Å². The van der Waals surface area contributed by atoms with E-state index < -0.39 is 31.2 Å². The van der Waals surface area contributed by atoms with Crippen LogP contribution in [0, 0.1) is 0 Å². The van der Waals surface area contributed by atoms with Crippen molar-refractivity contribution in [2.24, 2.45) is 0 Å². The van der Waals surface area contributed by atoms with Gasteiger partial charge in [0.1, 0.15) is 0 Å². The van der Waals surface area contributed by atoms with Crippen molar-refractivity contribution < 1.29 is 35.5 Å². The Morgan fingerprint density at radius 1 is 0.741 bits per heavy atom. The Morgan fingerprint density at radius 3 is 1.59 bits per heavy atom. The molecule has 9 heteroatoms. The molecule has 27 heavy (non-hydrogen) atoms. The van der Waals surface area contributed by atoms with Crippen LogP contribution >= 0.6 is 11.6 Å². The fraction of sp³-hybridized carbons (Fsp3) is 0.333. The number of hydrogen-bond acceptors (Lipinski definition) is 1. The van der Waals surface area contributed by atoms with Crippen molar-refractivity contribution in [2.75, 3.05) is 6.67 Å². The van der Waals surface area contributed by atoms with E-state index >= 15 is 0 Å². The Bertz CT molecular complexity index is 745. The van der Waals surface area contributed by atoms with E-state index in [4.69, 9.17) is 11.6 Å². The Morgan fingerprint density at radius 2 is 1.19 bits per heavy atom. The van der Waals surface area contributed by atoms with Gasteiger partial charge in [-0.25, -0.2) is 4.39 Å². The summed E-state index contributed by atoms with van der Waals surface area (Å²) in [6.07, 6.45) is -5.54. The van der Waals surface area contributed by atoms with Gasteiger partial charge in [-0.3, -0.25) is 0 Å². The second kappa shape index (κ2) is 8.06. The summed E-state index contributed by atoms with van der Waals surface area (Å²) in [6.45, 7) is -3.99. The van der Waals surface area contributed by atoms with Crippen molar-refractivity contribution in [1.82, 2.24) is 0 Å². The lowest BCUT2D eigenvalue weighted by Crippen LogP contribution is -2.56. The molecular weight excluding hydrogens is 401 g/mol. The van der Waals surface area contributed by atoms with Gasteiger partial charge in [0.15, 0.2) is 6.67 Å². The Kier molecular flexibility index (Phi) is 6.42. The summed E-state index contributed by atoms with van der Waals surface area (Å²) in [5, 5.41) is 0. The Hall–Kier alpha value is -1.80. The summed E-state index contributed by atoms with van der Waals surface area (Å²) < 4.78 is 94.2. The van der Waals surface area contributed by atoms with Crippen LogP contribution in [0.3, 0.4) is 0 Å². The van der Waals surface area contributed by atoms with Crippen LogP contribution in [0.1, 0.15) is 11.1 Å². The second-order valence-electron chi connectivity index (χ2n) is 5.75. The molecule has 0 amide bonds. The Labute approximate surface area is 155 Å². The van der Waals surface area contributed by atoms with E-state index in [1.54, 1.807) is 24.3 Å². The number of alkyl halides is 8. The van der Waals surface area contributed by atoms with Crippen LogP contribution in [-0.4, -0.2) is 24.6 Å². The molecule has 0 radical (unpaired) electrons. The zero-order chi connectivity index (χ0) is 20.3. The molecule has 0 heterocycles. The van der Waals surface area contributed by atoms with Gasteiger partial charge in [0.25, 0.3) is 0 Å². The summed E-state index contributed by atoms with van der Waals surface area (Å²) in [7, 11) is 0. The molecule has 0 saturated carbocycles. The standard InChI is InChI=1S/C18H14ClF7O/c19-9-12-1-5-14(6-2-12)15-7-3-13(4-8-15)10-27-18(25,26)17(23,24)16(21,22)11-20/h1-8H,9-11H2. The molecule has 0 bridgehead atoms. The van der Waals surface area contributed by atoms with E-state index in [-0.39, 0.29) is 5.56 Å². The minimum atomic E-state index is -5.99. The first kappa shape index (κ1) is 21.5. The molecule has 0 fully saturated rings. The van der Waals surface area contributed by atoms with Gasteiger partial charge >= 0.3 is 18.0 Å². The average molecular weight is 415 g/mol. The van der Waals surface area contributed by atoms with Gasteiger partial charge in [-0.2, -0.15) is 26.3 Å². The van der Waals surface area contributed by atoms with Gasteiger partial charge in [0.2, 0.25) is 0 Å². The molecule has 2 rings (SSSR count). The topological polar surface area (TPSA) is 9.23 Å². The molecular formula is C18H14ClF7O. The number of halogens is 8. The SMILES string of the molecule is FCC(F)(F)C(F)(F)C(F)(F)OCc1ccc(-c2ccc(CCl)cc2)cc1. The molecule has 0 aromatic heterocycles. The molecule has 0 atom stereocenters. The van der Waals surface area contributed by atoms with E-state index in [1.165, 1.54) is 24.3 Å². The van der Waals surface area contributed by atoms with Crippen molar-refractivity contribution in [1.29, 1.82) is 0 Å². The molecule has 0 aliphatic carbocycles. The third kappa shape index (κ3) is 4.55. The van der Waals surface area contributed by atoms with Crippen LogP contribution in [0.15, 0.2) is 48.5 Å². The summed E-state index contributed by atoms with van der Waals surface area (Å²) >= 11 is 5.69. The fourth-order valence-corrected chi connectivity index (χ4v) is 2.32. The number of hydrogen-bond donors (Lipinski definition) is 0. The predicted octanol–water partition coefficient (Wildman–Crippen LogP) is 6.44. The minimum Gasteiger partial charge on any atom is -0.311 e. The summed E-state index contributed by atoms with van der Waals surface area (Å²) in [5.41, 5.74) is 2.46. The molecule has 0 aliphatic heterocycles. The molecule has 0 spiro atoms. The monoisotopic (exact) mass is 414 g/mol. The molecule has 2 aromatic carbocycles. The van der Waals surface area contributed by atoms with Crippen LogP contribution in [0.4, 0.5) is 30.7 Å². The van der Waals surface area contributed by atoms with E-state index in [1.807, 2.05) is 0 Å². The maximum atomic E-state index is 13.4. The second-order valence-corrected chi connectivity index (χ2v) is 6.01. The van der Waals surface area contributed by atoms with Gasteiger partial charge in [-0.15, -0.1) is 11.6 Å². The first-order chi connectivity index (χ1) is 12.5. The third-order valence-electron chi connectivity index (χ3n) is 3.81. The van der Waals surface area contributed by atoms with Crippen LogP contribution in [-0.2, 0) is 17.2 Å². The third-order valence-corrected chi connectivity index (χ3v) is 4.12. The molecule has 0 N–H and O–H groups in total. The smallest absolute Gasteiger partial charge is 0.311 e. The van der Waals surface area contributed by atoms with Crippen LogP contribution in [0.25, 0.3) is 11.1 Å². The van der Waals surface area contributed by atoms with E-state index in [0.717, 1.165) is 11.1 Å². The van der Waals surface area contributed by atoms with Crippen molar-refractivity contribution in [2.45, 2.75) is 30.4 Å². The predicted molar refractivity (Wildman–Crippen MR) is 87.0 cm³/mol. The summed E-state index contributed by atoms with van der Waals surface area (Å²) in [6, 6.07) is 12.9. The number of benzene rings is 2. The van der Waals surface area contributed by atoms with Crippen LogP contribution < -0.4 is 0 Å². The highest BCUT2D eigenvalue weighted by molar-refractivity contribution is 6.17. The van der Waals surface area contributed by atoms with E-state index in [0.29, 0.717) is 11.4 Å².